The molecule has 2 N–H and O–H groups in total. The third-order valence-electron chi connectivity index (χ3n) is 6.35. The first-order valence-electron chi connectivity index (χ1n) is 11.4. The van der Waals surface area contributed by atoms with Crippen LogP contribution in [0.15, 0.2) is 73.7 Å². The smallest absolute Gasteiger partial charge is 0.180 e. The molecule has 5 aromatic rings. The lowest BCUT2D eigenvalue weighted by Crippen LogP contribution is -2.41. The normalized spacial score (nSPS) is 16.3. The minimum Gasteiger partial charge on any atom is -0.368 e. The van der Waals surface area contributed by atoms with Gasteiger partial charge in [-0.2, -0.15) is 0 Å². The first kappa shape index (κ1) is 20.4. The van der Waals surface area contributed by atoms with Gasteiger partial charge in [-0.05, 0) is 43.2 Å². The van der Waals surface area contributed by atoms with Crippen molar-refractivity contribution in [1.82, 2.24) is 29.2 Å². The van der Waals surface area contributed by atoms with Crippen LogP contribution >= 0.6 is 0 Å². The van der Waals surface area contributed by atoms with Crippen LogP contribution in [0.2, 0.25) is 0 Å². The van der Waals surface area contributed by atoms with Crippen LogP contribution in [0.5, 0.6) is 0 Å². The molecule has 0 amide bonds. The molecule has 0 radical (unpaired) electrons. The highest BCUT2D eigenvalue weighted by Crippen LogP contribution is 2.26. The van der Waals surface area contributed by atoms with Gasteiger partial charge in [0.25, 0.3) is 0 Å². The molecule has 1 aliphatic heterocycles. The summed E-state index contributed by atoms with van der Waals surface area (Å²) in [5.41, 5.74) is 4.46. The lowest BCUT2D eigenvalue weighted by atomic mass is 10.0. The number of hydrogen-bond donors (Lipinski definition) is 2. The summed E-state index contributed by atoms with van der Waals surface area (Å²) < 4.78 is 15.4. The predicted molar refractivity (Wildman–Crippen MR) is 132 cm³/mol. The highest BCUT2D eigenvalue weighted by Gasteiger charge is 2.23. The minimum absolute atomic E-state index is 0.220. The number of piperidine rings is 1. The van der Waals surface area contributed by atoms with Gasteiger partial charge in [0, 0.05) is 42.4 Å². The molecular weight excluding hydrogens is 429 g/mol. The molecule has 170 valence electrons. The Kier molecular flexibility index (Phi) is 4.98. The van der Waals surface area contributed by atoms with Gasteiger partial charge in [0.1, 0.15) is 23.0 Å². The van der Waals surface area contributed by atoms with Crippen molar-refractivity contribution in [2.24, 2.45) is 0 Å². The Morgan fingerprint density at radius 1 is 1.15 bits per heavy atom. The lowest BCUT2D eigenvalue weighted by Gasteiger charge is -2.35. The molecule has 0 aliphatic carbocycles. The fourth-order valence-electron chi connectivity index (χ4n) is 4.63. The van der Waals surface area contributed by atoms with Gasteiger partial charge in [0.2, 0.25) is 0 Å². The zero-order valence-electron chi connectivity index (χ0n) is 18.6. The van der Waals surface area contributed by atoms with Gasteiger partial charge in [0.05, 0.1) is 17.6 Å². The Morgan fingerprint density at radius 3 is 2.97 bits per heavy atom. The van der Waals surface area contributed by atoms with Crippen molar-refractivity contribution in [1.29, 1.82) is 0 Å². The largest absolute Gasteiger partial charge is 0.368 e. The monoisotopic (exact) mass is 453 g/mol. The summed E-state index contributed by atoms with van der Waals surface area (Å²) in [4.78, 5) is 19.2. The summed E-state index contributed by atoms with van der Waals surface area (Å²) in [7, 11) is 0. The van der Waals surface area contributed by atoms with Crippen molar-refractivity contribution in [3.8, 4) is 11.5 Å². The van der Waals surface area contributed by atoms with Crippen LogP contribution in [0.1, 0.15) is 18.5 Å². The van der Waals surface area contributed by atoms with Crippen molar-refractivity contribution in [3.05, 3.63) is 85.2 Å². The van der Waals surface area contributed by atoms with Crippen LogP contribution in [-0.4, -0.2) is 48.4 Å². The van der Waals surface area contributed by atoms with Gasteiger partial charge in [-0.1, -0.05) is 24.8 Å². The van der Waals surface area contributed by atoms with Crippen molar-refractivity contribution in [2.45, 2.75) is 18.9 Å². The number of fused-ring (bicyclic) bond motifs is 2. The van der Waals surface area contributed by atoms with Gasteiger partial charge >= 0.3 is 0 Å². The molecule has 1 aromatic carbocycles. The van der Waals surface area contributed by atoms with Crippen LogP contribution in [0.25, 0.3) is 33.8 Å². The quantitative estimate of drug-likeness (QED) is 0.394. The van der Waals surface area contributed by atoms with Gasteiger partial charge < -0.3 is 15.2 Å². The number of imidazole rings is 1. The second-order valence-electron chi connectivity index (χ2n) is 8.63. The molecule has 1 fully saturated rings. The molecule has 5 heterocycles. The minimum atomic E-state index is -0.335. The maximum Gasteiger partial charge on any atom is 0.180 e. The molecule has 0 spiro atoms. The van der Waals surface area contributed by atoms with E-state index in [1.807, 2.05) is 18.2 Å². The van der Waals surface area contributed by atoms with Gasteiger partial charge in [-0.15, -0.1) is 0 Å². The Labute approximate surface area is 196 Å². The number of hydrogen-bond acceptors (Lipinski definition) is 5. The summed E-state index contributed by atoms with van der Waals surface area (Å²) in [6.45, 7) is 6.16. The third kappa shape index (κ3) is 3.77. The summed E-state index contributed by atoms with van der Waals surface area (Å²) in [5, 5.41) is 4.74. The molecule has 1 saturated heterocycles. The lowest BCUT2D eigenvalue weighted by molar-refractivity contribution is 0.306. The van der Waals surface area contributed by atoms with E-state index in [9.17, 15) is 4.39 Å². The standard InChI is InChI=1S/C26H24FN7/c1-17(22-13-18-5-2-3-7-21(18)31-22)33-12-4-6-20(16-33)30-24-10-11-28-26(32-24)23-14-29-25-9-8-19(27)15-34(23)25/h2-3,5,7-11,13-15,20,31H,1,4,6,12,16H2,(H,28,30,32)/t20-/m1/s1. The van der Waals surface area contributed by atoms with Crippen LogP contribution in [-0.2, 0) is 0 Å². The van der Waals surface area contributed by atoms with Crippen molar-refractivity contribution < 1.29 is 4.39 Å². The number of H-pyrrole nitrogens is 1. The maximum absolute atomic E-state index is 13.8. The van der Waals surface area contributed by atoms with E-state index < -0.39 is 0 Å². The van der Waals surface area contributed by atoms with Crippen molar-refractivity contribution in [3.63, 3.8) is 0 Å². The first-order chi connectivity index (χ1) is 16.6. The fourth-order valence-corrected chi connectivity index (χ4v) is 4.63. The summed E-state index contributed by atoms with van der Waals surface area (Å²) in [6, 6.07) is 15.5. The van der Waals surface area contributed by atoms with E-state index >= 15 is 0 Å². The molecule has 4 aromatic heterocycles. The molecule has 1 aliphatic rings. The number of anilines is 1. The average molecular weight is 454 g/mol. The molecule has 7 nitrogen and oxygen atoms in total. The van der Waals surface area contributed by atoms with E-state index in [-0.39, 0.29) is 11.9 Å². The highest BCUT2D eigenvalue weighted by atomic mass is 19.1. The van der Waals surface area contributed by atoms with Gasteiger partial charge in [-0.25, -0.2) is 19.3 Å². The topological polar surface area (TPSA) is 74.1 Å². The molecule has 8 heteroatoms. The van der Waals surface area contributed by atoms with E-state index in [1.54, 1.807) is 22.9 Å². The van der Waals surface area contributed by atoms with Gasteiger partial charge in [0.15, 0.2) is 5.82 Å². The molecule has 1 atom stereocenters. The number of benzene rings is 1. The number of pyridine rings is 1. The third-order valence-corrected chi connectivity index (χ3v) is 6.35. The number of halogens is 1. The summed E-state index contributed by atoms with van der Waals surface area (Å²) in [6.07, 6.45) is 6.88. The number of aromatic amines is 1. The Bertz CT molecular complexity index is 1470. The Balaban J connectivity index is 1.20. The van der Waals surface area contributed by atoms with E-state index in [1.165, 1.54) is 17.6 Å². The van der Waals surface area contributed by atoms with Crippen LogP contribution < -0.4 is 5.32 Å². The van der Waals surface area contributed by atoms with Crippen molar-refractivity contribution >= 4 is 28.1 Å². The Hall–Kier alpha value is -4.20. The number of likely N-dealkylation sites (tertiary alicyclic amines) is 1. The fraction of sp³-hybridized carbons (Fsp3) is 0.192. The molecule has 0 bridgehead atoms. The zero-order chi connectivity index (χ0) is 23.1. The van der Waals surface area contributed by atoms with Crippen LogP contribution in [0, 0.1) is 5.82 Å². The molecular formula is C26H24FN7. The Morgan fingerprint density at radius 2 is 2.06 bits per heavy atom. The first-order valence-corrected chi connectivity index (χ1v) is 11.4. The van der Waals surface area contributed by atoms with E-state index in [2.05, 4.69) is 49.9 Å². The second-order valence-corrected chi connectivity index (χ2v) is 8.63. The molecule has 0 unspecified atom stereocenters. The number of rotatable bonds is 5. The van der Waals surface area contributed by atoms with E-state index in [0.717, 1.165) is 48.7 Å². The van der Waals surface area contributed by atoms with Crippen molar-refractivity contribution in [2.75, 3.05) is 18.4 Å². The number of nitrogens with zero attached hydrogens (tertiary/aromatic N) is 5. The zero-order valence-corrected chi connectivity index (χ0v) is 18.6. The second kappa shape index (κ2) is 8.30. The number of nitrogens with one attached hydrogen (secondary N) is 2. The van der Waals surface area contributed by atoms with Gasteiger partial charge in [-0.3, -0.25) is 4.40 Å². The highest BCUT2D eigenvalue weighted by molar-refractivity contribution is 5.84. The molecule has 34 heavy (non-hydrogen) atoms. The molecule has 6 rings (SSSR count). The predicted octanol–water partition coefficient (Wildman–Crippen LogP) is 4.96. The number of aromatic nitrogens is 5. The SMILES string of the molecule is C=C(c1cc2ccccc2[nH]1)N1CCC[C@@H](Nc2ccnc(-c3cnc4ccc(F)cn34)n2)C1. The van der Waals surface area contributed by atoms with Crippen LogP contribution in [0.3, 0.4) is 0 Å². The maximum atomic E-state index is 13.8. The summed E-state index contributed by atoms with van der Waals surface area (Å²) in [5.74, 6) is 0.899. The van der Waals surface area contributed by atoms with E-state index in [4.69, 9.17) is 4.98 Å². The summed E-state index contributed by atoms with van der Waals surface area (Å²) >= 11 is 0. The average Bonchev–Trinajstić information content (AvgIpc) is 3.48. The number of para-hydroxylation sites is 1. The molecule has 0 saturated carbocycles. The van der Waals surface area contributed by atoms with E-state index in [0.29, 0.717) is 17.2 Å². The van der Waals surface area contributed by atoms with Crippen LogP contribution in [0.4, 0.5) is 10.2 Å².